The molecule has 0 radical (unpaired) electrons. The van der Waals surface area contributed by atoms with Crippen LogP contribution in [0.5, 0.6) is 0 Å². The van der Waals surface area contributed by atoms with E-state index in [1.807, 2.05) is 0 Å². The number of hydrogen-bond acceptors (Lipinski definition) is 3. The zero-order valence-corrected chi connectivity index (χ0v) is 16.7. The summed E-state index contributed by atoms with van der Waals surface area (Å²) in [5, 5.41) is 19.3. The molecule has 27 heavy (non-hydrogen) atoms. The molecule has 0 aromatic rings. The van der Waals surface area contributed by atoms with Crippen LogP contribution in [0.3, 0.4) is 0 Å². The highest BCUT2D eigenvalue weighted by Gasteiger charge is 2.57. The first-order valence-electron chi connectivity index (χ1n) is 12.1. The Balaban J connectivity index is 0.993. The number of hydrogen-bond donors (Lipinski definition) is 2. The molecule has 0 amide bonds. The van der Waals surface area contributed by atoms with Crippen molar-refractivity contribution in [1.82, 2.24) is 0 Å². The van der Waals surface area contributed by atoms with Crippen molar-refractivity contribution in [3.8, 4) is 0 Å². The normalized spacial score (nSPS) is 57.6. The third kappa shape index (κ3) is 2.63. The number of aliphatic hydroxyl groups is 2. The summed E-state index contributed by atoms with van der Waals surface area (Å²) in [4.78, 5) is 0. The number of rotatable bonds is 6. The number of ether oxygens (including phenoxy) is 1. The van der Waals surface area contributed by atoms with Crippen molar-refractivity contribution < 1.29 is 14.9 Å². The predicted molar refractivity (Wildman–Crippen MR) is 104 cm³/mol. The van der Waals surface area contributed by atoms with Crippen LogP contribution >= 0.6 is 0 Å². The minimum absolute atomic E-state index is 0.425. The second-order valence-electron chi connectivity index (χ2n) is 11.5. The maximum absolute atomic E-state index is 9.67. The van der Waals surface area contributed by atoms with Gasteiger partial charge in [-0.05, 0) is 122 Å². The fourth-order valence-electron chi connectivity index (χ4n) is 9.88. The first-order chi connectivity index (χ1) is 13.3. The van der Waals surface area contributed by atoms with Gasteiger partial charge in [0.05, 0.1) is 0 Å². The standard InChI is InChI=1S/C24H38O3/c25-9-14-1-2-19-22-8-16(24(14)19)6-18(22)12-27-11-13-3-20-15-5-17(10-26)21(7-15)23(20)4-13/h13-26H,1-12H2. The molecule has 6 saturated carbocycles. The van der Waals surface area contributed by atoms with Crippen LogP contribution in [-0.4, -0.2) is 36.6 Å². The van der Waals surface area contributed by atoms with E-state index in [2.05, 4.69) is 0 Å². The summed E-state index contributed by atoms with van der Waals surface area (Å²) in [5.41, 5.74) is 0. The van der Waals surface area contributed by atoms with Gasteiger partial charge in [-0.2, -0.15) is 0 Å². The minimum Gasteiger partial charge on any atom is -0.396 e. The molecule has 6 aliphatic carbocycles. The van der Waals surface area contributed by atoms with E-state index in [-0.39, 0.29) is 0 Å². The van der Waals surface area contributed by atoms with Gasteiger partial charge in [0.25, 0.3) is 0 Å². The largest absolute Gasteiger partial charge is 0.396 e. The van der Waals surface area contributed by atoms with E-state index in [1.54, 1.807) is 0 Å². The Morgan fingerprint density at radius 2 is 1.33 bits per heavy atom. The molecule has 4 bridgehead atoms. The van der Waals surface area contributed by atoms with E-state index in [4.69, 9.17) is 4.74 Å². The Morgan fingerprint density at radius 3 is 2.19 bits per heavy atom. The van der Waals surface area contributed by atoms with E-state index in [9.17, 15) is 10.2 Å². The molecule has 6 aliphatic rings. The summed E-state index contributed by atoms with van der Waals surface area (Å²) >= 11 is 0. The highest BCUT2D eigenvalue weighted by atomic mass is 16.5. The predicted octanol–water partition coefficient (Wildman–Crippen LogP) is 3.58. The average molecular weight is 375 g/mol. The fraction of sp³-hybridized carbons (Fsp3) is 1.00. The Morgan fingerprint density at radius 1 is 0.593 bits per heavy atom. The van der Waals surface area contributed by atoms with Crippen molar-refractivity contribution in [3.05, 3.63) is 0 Å². The Kier molecular flexibility index (Phi) is 4.40. The molecule has 3 nitrogen and oxygen atoms in total. The molecule has 6 fully saturated rings. The molecule has 12 atom stereocenters. The number of aliphatic hydroxyl groups excluding tert-OH is 2. The Bertz CT molecular complexity index is 562. The minimum atomic E-state index is 0.425. The molecule has 0 spiro atoms. The van der Waals surface area contributed by atoms with Crippen LogP contribution in [0.1, 0.15) is 51.4 Å². The third-order valence-electron chi connectivity index (χ3n) is 10.6. The molecule has 12 unspecified atom stereocenters. The second kappa shape index (κ2) is 6.71. The first-order valence-corrected chi connectivity index (χ1v) is 12.1. The van der Waals surface area contributed by atoms with Crippen LogP contribution in [0.15, 0.2) is 0 Å². The average Bonchev–Trinajstić information content (AvgIpc) is 3.47. The molecular weight excluding hydrogens is 336 g/mol. The molecule has 152 valence electrons. The van der Waals surface area contributed by atoms with Gasteiger partial charge in [0.2, 0.25) is 0 Å². The van der Waals surface area contributed by atoms with E-state index in [0.29, 0.717) is 25.0 Å². The number of fused-ring (bicyclic) bond motifs is 10. The molecule has 0 aromatic heterocycles. The van der Waals surface area contributed by atoms with Crippen LogP contribution in [0.2, 0.25) is 0 Å². The monoisotopic (exact) mass is 374 g/mol. The summed E-state index contributed by atoms with van der Waals surface area (Å²) in [7, 11) is 0. The van der Waals surface area contributed by atoms with Crippen LogP contribution in [0.25, 0.3) is 0 Å². The van der Waals surface area contributed by atoms with Crippen molar-refractivity contribution in [1.29, 1.82) is 0 Å². The lowest BCUT2D eigenvalue weighted by molar-refractivity contribution is 0.0303. The zero-order valence-electron chi connectivity index (χ0n) is 16.7. The fourth-order valence-corrected chi connectivity index (χ4v) is 9.88. The Hall–Kier alpha value is -0.120. The highest BCUT2D eigenvalue weighted by Crippen LogP contribution is 2.63. The summed E-state index contributed by atoms with van der Waals surface area (Å²) in [5.74, 6) is 10.0. The van der Waals surface area contributed by atoms with Crippen LogP contribution in [-0.2, 0) is 4.74 Å². The Labute approximate surface area is 164 Å². The summed E-state index contributed by atoms with van der Waals surface area (Å²) in [6.07, 6.45) is 10.9. The van der Waals surface area contributed by atoms with E-state index in [1.165, 1.54) is 51.4 Å². The smallest absolute Gasteiger partial charge is 0.0497 e. The van der Waals surface area contributed by atoms with Crippen LogP contribution < -0.4 is 0 Å². The van der Waals surface area contributed by atoms with Crippen molar-refractivity contribution >= 4 is 0 Å². The molecule has 0 heterocycles. The zero-order chi connectivity index (χ0) is 18.1. The van der Waals surface area contributed by atoms with Gasteiger partial charge in [-0.1, -0.05) is 0 Å². The molecule has 0 aromatic carbocycles. The van der Waals surface area contributed by atoms with Gasteiger partial charge in [0.15, 0.2) is 0 Å². The molecule has 0 saturated heterocycles. The van der Waals surface area contributed by atoms with Crippen LogP contribution in [0, 0.1) is 71.0 Å². The van der Waals surface area contributed by atoms with Gasteiger partial charge in [0, 0.05) is 26.4 Å². The summed E-state index contributed by atoms with van der Waals surface area (Å²) < 4.78 is 6.37. The van der Waals surface area contributed by atoms with Gasteiger partial charge in [0.1, 0.15) is 0 Å². The summed E-state index contributed by atoms with van der Waals surface area (Å²) in [6.45, 7) is 2.85. The van der Waals surface area contributed by atoms with Gasteiger partial charge < -0.3 is 14.9 Å². The third-order valence-corrected chi connectivity index (χ3v) is 10.6. The van der Waals surface area contributed by atoms with Gasteiger partial charge in [-0.15, -0.1) is 0 Å². The maximum Gasteiger partial charge on any atom is 0.0497 e. The maximum atomic E-state index is 9.67. The van der Waals surface area contributed by atoms with Crippen molar-refractivity contribution in [3.63, 3.8) is 0 Å². The second-order valence-corrected chi connectivity index (χ2v) is 11.5. The molecule has 2 N–H and O–H groups in total. The molecule has 6 rings (SSSR count). The topological polar surface area (TPSA) is 49.7 Å². The van der Waals surface area contributed by atoms with Crippen molar-refractivity contribution in [2.45, 2.75) is 51.4 Å². The lowest BCUT2D eigenvalue weighted by Gasteiger charge is -2.33. The van der Waals surface area contributed by atoms with Crippen LogP contribution in [0.4, 0.5) is 0 Å². The lowest BCUT2D eigenvalue weighted by atomic mass is 9.73. The van der Waals surface area contributed by atoms with Gasteiger partial charge >= 0.3 is 0 Å². The van der Waals surface area contributed by atoms with Gasteiger partial charge in [-0.25, -0.2) is 0 Å². The van der Waals surface area contributed by atoms with Crippen molar-refractivity contribution in [2.75, 3.05) is 26.4 Å². The quantitative estimate of drug-likeness (QED) is 0.747. The lowest BCUT2D eigenvalue weighted by Crippen LogP contribution is -2.31. The molecule has 0 aliphatic heterocycles. The van der Waals surface area contributed by atoms with Gasteiger partial charge in [-0.3, -0.25) is 0 Å². The first kappa shape index (κ1) is 17.7. The van der Waals surface area contributed by atoms with E-state index < -0.39 is 0 Å². The van der Waals surface area contributed by atoms with E-state index >= 15 is 0 Å². The summed E-state index contributed by atoms with van der Waals surface area (Å²) in [6, 6.07) is 0. The molecular formula is C24H38O3. The highest BCUT2D eigenvalue weighted by molar-refractivity contribution is 5.06. The van der Waals surface area contributed by atoms with E-state index in [0.717, 1.165) is 72.4 Å². The van der Waals surface area contributed by atoms with Crippen molar-refractivity contribution in [2.24, 2.45) is 71.0 Å². The SMILES string of the molecule is OCC1CC2CC1C1CC(COCC3CC4CC3C3CCC(CO)C43)CC21. The molecule has 3 heteroatoms.